The monoisotopic (exact) mass is 179 g/mol. The van der Waals surface area contributed by atoms with Gasteiger partial charge >= 0.3 is 0 Å². The lowest BCUT2D eigenvalue weighted by molar-refractivity contribution is 0.727. The van der Waals surface area contributed by atoms with Crippen LogP contribution in [0.2, 0.25) is 0 Å². The number of aromatic nitrogens is 2. The zero-order chi connectivity index (χ0) is 9.52. The predicted octanol–water partition coefficient (Wildman–Crippen LogP) is 1.43. The van der Waals surface area contributed by atoms with E-state index in [0.717, 1.165) is 25.3 Å². The van der Waals surface area contributed by atoms with Crippen LogP contribution in [0.5, 0.6) is 0 Å². The zero-order valence-electron chi connectivity index (χ0n) is 8.33. The van der Waals surface area contributed by atoms with Crippen LogP contribution in [0, 0.1) is 0 Å². The minimum Gasteiger partial charge on any atom is -0.335 e. The van der Waals surface area contributed by atoms with E-state index in [2.05, 4.69) is 29.4 Å². The van der Waals surface area contributed by atoms with Gasteiger partial charge in [-0.05, 0) is 25.6 Å². The highest BCUT2D eigenvalue weighted by Gasteiger charge is 1.90. The molecular formula is C10H17N3. The molecule has 0 amide bonds. The van der Waals surface area contributed by atoms with Gasteiger partial charge in [-0.2, -0.15) is 0 Å². The molecule has 1 rings (SSSR count). The molecule has 1 N–H and O–H groups in total. The maximum absolute atomic E-state index is 4.19. The molecule has 0 atom stereocenters. The van der Waals surface area contributed by atoms with E-state index in [4.69, 9.17) is 0 Å². The Morgan fingerprint density at radius 3 is 3.08 bits per heavy atom. The molecule has 0 spiro atoms. The topological polar surface area (TPSA) is 29.9 Å². The van der Waals surface area contributed by atoms with Crippen LogP contribution in [0.1, 0.15) is 19.2 Å². The summed E-state index contributed by atoms with van der Waals surface area (Å²) in [7, 11) is 2.00. The van der Waals surface area contributed by atoms with Crippen LogP contribution in [-0.2, 0) is 7.05 Å². The molecule has 13 heavy (non-hydrogen) atoms. The summed E-state index contributed by atoms with van der Waals surface area (Å²) in [6, 6.07) is 0. The molecule has 72 valence electrons. The first kappa shape index (κ1) is 9.99. The summed E-state index contributed by atoms with van der Waals surface area (Å²) >= 11 is 0. The molecular weight excluding hydrogens is 162 g/mol. The van der Waals surface area contributed by atoms with Gasteiger partial charge in [0.05, 0.1) is 0 Å². The molecule has 0 aliphatic rings. The van der Waals surface area contributed by atoms with Crippen LogP contribution in [0.4, 0.5) is 0 Å². The normalized spacial score (nSPS) is 11.2. The van der Waals surface area contributed by atoms with Crippen LogP contribution in [0.15, 0.2) is 18.5 Å². The highest BCUT2D eigenvalue weighted by atomic mass is 15.0. The molecule has 0 fully saturated rings. The first-order valence-electron chi connectivity index (χ1n) is 4.69. The Labute approximate surface area is 79.5 Å². The van der Waals surface area contributed by atoms with Crippen molar-refractivity contribution in [1.29, 1.82) is 0 Å². The maximum Gasteiger partial charge on any atom is 0.131 e. The Balaban J connectivity index is 2.28. The number of hydrogen-bond donors (Lipinski definition) is 1. The van der Waals surface area contributed by atoms with Crippen LogP contribution in [-0.4, -0.2) is 22.6 Å². The van der Waals surface area contributed by atoms with Crippen molar-refractivity contribution in [2.45, 2.75) is 13.3 Å². The smallest absolute Gasteiger partial charge is 0.131 e. The molecule has 0 bridgehead atoms. The minimum absolute atomic E-state index is 1.01. The Hall–Kier alpha value is -1.09. The molecule has 0 saturated carbocycles. The van der Waals surface area contributed by atoms with Gasteiger partial charge in [-0.3, -0.25) is 0 Å². The van der Waals surface area contributed by atoms with E-state index in [0.29, 0.717) is 0 Å². The Morgan fingerprint density at radius 2 is 2.46 bits per heavy atom. The summed E-state index contributed by atoms with van der Waals surface area (Å²) in [4.78, 5) is 4.19. The zero-order valence-corrected chi connectivity index (χ0v) is 8.33. The maximum atomic E-state index is 4.19. The van der Waals surface area contributed by atoms with Gasteiger partial charge in [0.15, 0.2) is 0 Å². The number of rotatable bonds is 5. The fourth-order valence-corrected chi connectivity index (χ4v) is 1.09. The highest BCUT2D eigenvalue weighted by molar-refractivity contribution is 5.39. The second-order valence-corrected chi connectivity index (χ2v) is 2.94. The van der Waals surface area contributed by atoms with E-state index in [-0.39, 0.29) is 0 Å². The molecule has 0 aliphatic heterocycles. The van der Waals surface area contributed by atoms with E-state index >= 15 is 0 Å². The van der Waals surface area contributed by atoms with Crippen molar-refractivity contribution in [1.82, 2.24) is 14.9 Å². The summed E-state index contributed by atoms with van der Waals surface area (Å²) in [6.45, 7) is 4.19. The van der Waals surface area contributed by atoms with Crippen LogP contribution in [0.25, 0.3) is 6.08 Å². The predicted molar refractivity (Wildman–Crippen MR) is 55.4 cm³/mol. The van der Waals surface area contributed by atoms with Gasteiger partial charge in [0.1, 0.15) is 5.82 Å². The van der Waals surface area contributed by atoms with E-state index in [9.17, 15) is 0 Å². The lowest BCUT2D eigenvalue weighted by Gasteiger charge is -1.96. The van der Waals surface area contributed by atoms with Crippen molar-refractivity contribution in [2.24, 2.45) is 7.05 Å². The van der Waals surface area contributed by atoms with Crippen LogP contribution >= 0.6 is 0 Å². The molecule has 0 aromatic carbocycles. The largest absolute Gasteiger partial charge is 0.335 e. The lowest BCUT2D eigenvalue weighted by Crippen LogP contribution is -2.12. The average Bonchev–Trinajstić information content (AvgIpc) is 2.52. The third kappa shape index (κ3) is 3.42. The third-order valence-electron chi connectivity index (χ3n) is 1.86. The van der Waals surface area contributed by atoms with Gasteiger partial charge in [0.2, 0.25) is 0 Å². The molecule has 3 nitrogen and oxygen atoms in total. The van der Waals surface area contributed by atoms with Crippen molar-refractivity contribution in [3.05, 3.63) is 24.3 Å². The Kier molecular flexibility index (Phi) is 4.26. The molecule has 0 radical (unpaired) electrons. The van der Waals surface area contributed by atoms with E-state index < -0.39 is 0 Å². The summed E-state index contributed by atoms with van der Waals surface area (Å²) in [5, 5.41) is 3.26. The van der Waals surface area contributed by atoms with E-state index in [1.165, 1.54) is 0 Å². The fourth-order valence-electron chi connectivity index (χ4n) is 1.09. The van der Waals surface area contributed by atoms with Crippen molar-refractivity contribution >= 4 is 6.08 Å². The number of imidazole rings is 1. The second kappa shape index (κ2) is 5.54. The minimum atomic E-state index is 1.01. The standard InChI is InChI=1S/C10H17N3/c1-3-11-7-5-4-6-10-12-8-9-13(10)2/h4,6,8-9,11H,3,5,7H2,1-2H3. The highest BCUT2D eigenvalue weighted by Crippen LogP contribution is 1.97. The van der Waals surface area contributed by atoms with Crippen molar-refractivity contribution in [3.63, 3.8) is 0 Å². The summed E-state index contributed by atoms with van der Waals surface area (Å²) in [6.07, 6.45) is 9.01. The molecule has 0 unspecified atom stereocenters. The number of nitrogens with one attached hydrogen (secondary N) is 1. The van der Waals surface area contributed by atoms with Gasteiger partial charge in [-0.25, -0.2) is 4.98 Å². The van der Waals surface area contributed by atoms with Gasteiger partial charge < -0.3 is 9.88 Å². The fraction of sp³-hybridized carbons (Fsp3) is 0.500. The quantitative estimate of drug-likeness (QED) is 0.693. The van der Waals surface area contributed by atoms with E-state index in [1.807, 2.05) is 24.0 Å². The molecule has 1 aromatic rings. The van der Waals surface area contributed by atoms with Crippen molar-refractivity contribution < 1.29 is 0 Å². The SMILES string of the molecule is CCNCCC=Cc1nccn1C. The average molecular weight is 179 g/mol. The first-order valence-corrected chi connectivity index (χ1v) is 4.69. The Morgan fingerprint density at radius 1 is 1.62 bits per heavy atom. The Bertz CT molecular complexity index is 263. The number of nitrogens with zero attached hydrogens (tertiary/aromatic N) is 2. The number of hydrogen-bond acceptors (Lipinski definition) is 2. The van der Waals surface area contributed by atoms with Gasteiger partial charge in [-0.1, -0.05) is 13.0 Å². The van der Waals surface area contributed by atoms with Crippen LogP contribution < -0.4 is 5.32 Å². The first-order chi connectivity index (χ1) is 6.34. The van der Waals surface area contributed by atoms with Crippen molar-refractivity contribution in [2.75, 3.05) is 13.1 Å². The summed E-state index contributed by atoms with van der Waals surface area (Å²) in [5.74, 6) is 1.01. The molecule has 0 aliphatic carbocycles. The summed E-state index contributed by atoms with van der Waals surface area (Å²) < 4.78 is 2.00. The van der Waals surface area contributed by atoms with Gasteiger partial charge in [0.25, 0.3) is 0 Å². The van der Waals surface area contributed by atoms with E-state index in [1.54, 1.807) is 0 Å². The molecule has 3 heteroatoms. The molecule has 1 aromatic heterocycles. The van der Waals surface area contributed by atoms with Gasteiger partial charge in [0, 0.05) is 19.4 Å². The number of aryl methyl sites for hydroxylation is 1. The lowest BCUT2D eigenvalue weighted by atomic mass is 10.3. The van der Waals surface area contributed by atoms with Gasteiger partial charge in [-0.15, -0.1) is 0 Å². The van der Waals surface area contributed by atoms with Crippen LogP contribution in [0.3, 0.4) is 0 Å². The molecule has 1 heterocycles. The summed E-state index contributed by atoms with van der Waals surface area (Å²) in [5.41, 5.74) is 0. The second-order valence-electron chi connectivity index (χ2n) is 2.94. The van der Waals surface area contributed by atoms with Crippen molar-refractivity contribution in [3.8, 4) is 0 Å². The molecule has 0 saturated heterocycles. The third-order valence-corrected chi connectivity index (χ3v) is 1.86.